The van der Waals surface area contributed by atoms with Gasteiger partial charge in [0.25, 0.3) is 0 Å². The first-order valence-corrected chi connectivity index (χ1v) is 14.2. The van der Waals surface area contributed by atoms with Gasteiger partial charge in [-0.2, -0.15) is 13.2 Å². The SMILES string of the molecule is O=C1CCc2c(Oc3ccc4c(c3)[C@H]3[C@H](CC(=O)c5ccc(CN6CCNCC6)c(C(F)(F)F)c5)[C@H]3O4)ccnc2N1. The molecule has 3 atom stereocenters. The van der Waals surface area contributed by atoms with Gasteiger partial charge < -0.3 is 20.1 Å². The van der Waals surface area contributed by atoms with Crippen molar-refractivity contribution >= 4 is 17.5 Å². The molecule has 0 unspecified atom stereocenters. The predicted octanol–water partition coefficient (Wildman–Crippen LogP) is 4.93. The van der Waals surface area contributed by atoms with Crippen LogP contribution in [-0.4, -0.2) is 53.9 Å². The van der Waals surface area contributed by atoms with Gasteiger partial charge in [0.2, 0.25) is 5.91 Å². The van der Waals surface area contributed by atoms with Crippen molar-refractivity contribution in [2.75, 3.05) is 31.5 Å². The summed E-state index contributed by atoms with van der Waals surface area (Å²) < 4.78 is 54.2. The van der Waals surface area contributed by atoms with Crippen LogP contribution < -0.4 is 20.1 Å². The lowest BCUT2D eigenvalue weighted by Crippen LogP contribution is -2.43. The van der Waals surface area contributed by atoms with Crippen molar-refractivity contribution in [3.63, 3.8) is 0 Å². The summed E-state index contributed by atoms with van der Waals surface area (Å²) in [5, 5.41) is 5.96. The number of nitrogens with one attached hydrogen (secondary N) is 2. The lowest BCUT2D eigenvalue weighted by molar-refractivity contribution is -0.138. The van der Waals surface area contributed by atoms with Gasteiger partial charge in [0, 0.05) is 80.3 Å². The summed E-state index contributed by atoms with van der Waals surface area (Å²) in [6.45, 7) is 3.04. The maximum Gasteiger partial charge on any atom is 0.416 e. The van der Waals surface area contributed by atoms with Crippen LogP contribution in [0.1, 0.15) is 51.4 Å². The number of aromatic nitrogens is 1. The zero-order chi connectivity index (χ0) is 29.0. The van der Waals surface area contributed by atoms with Crippen LogP contribution in [0.5, 0.6) is 17.2 Å². The van der Waals surface area contributed by atoms with Gasteiger partial charge in [0.05, 0.1) is 5.56 Å². The molecule has 2 fully saturated rings. The lowest BCUT2D eigenvalue weighted by atomic mass is 9.97. The molecule has 1 aromatic heterocycles. The van der Waals surface area contributed by atoms with E-state index >= 15 is 0 Å². The van der Waals surface area contributed by atoms with E-state index in [2.05, 4.69) is 15.6 Å². The van der Waals surface area contributed by atoms with Gasteiger partial charge >= 0.3 is 6.18 Å². The molecule has 0 spiro atoms. The molecule has 2 aromatic carbocycles. The average molecular weight is 579 g/mol. The van der Waals surface area contributed by atoms with E-state index in [0.717, 1.165) is 36.0 Å². The highest BCUT2D eigenvalue weighted by Crippen LogP contribution is 2.60. The Hall–Kier alpha value is -3.96. The Morgan fingerprint density at radius 2 is 1.93 bits per heavy atom. The molecule has 2 N–H and O–H groups in total. The number of fused-ring (bicyclic) bond motifs is 4. The first-order chi connectivity index (χ1) is 20.2. The first kappa shape index (κ1) is 26.9. The van der Waals surface area contributed by atoms with Crippen molar-refractivity contribution < 1.29 is 32.2 Å². The van der Waals surface area contributed by atoms with Crippen molar-refractivity contribution in [1.29, 1.82) is 0 Å². The number of carbonyl (C=O) groups excluding carboxylic acids is 2. The van der Waals surface area contributed by atoms with Crippen molar-refractivity contribution in [2.24, 2.45) is 5.92 Å². The molecule has 0 bridgehead atoms. The molecule has 4 aliphatic rings. The largest absolute Gasteiger partial charge is 0.489 e. The molecule has 1 aliphatic carbocycles. The second-order valence-electron chi connectivity index (χ2n) is 11.3. The molecular weight excluding hydrogens is 549 g/mol. The maximum absolute atomic E-state index is 14.0. The van der Waals surface area contributed by atoms with E-state index in [-0.39, 0.29) is 53.7 Å². The van der Waals surface area contributed by atoms with Crippen molar-refractivity contribution in [1.82, 2.24) is 15.2 Å². The van der Waals surface area contributed by atoms with Crippen LogP contribution in [0.4, 0.5) is 19.0 Å². The van der Waals surface area contributed by atoms with E-state index in [0.29, 0.717) is 43.2 Å². The van der Waals surface area contributed by atoms with Gasteiger partial charge in [-0.3, -0.25) is 14.5 Å². The van der Waals surface area contributed by atoms with Crippen LogP contribution in [-0.2, 0) is 23.9 Å². The Bertz CT molecular complexity index is 1570. The van der Waals surface area contributed by atoms with Crippen LogP contribution in [0.3, 0.4) is 0 Å². The standard InChI is InChI=1S/C31H29F3N4O4/c32-31(33,34)23-13-17(1-2-18(23)16-38-11-9-35-10-12-38)24(39)15-22-28-21-14-19(3-5-25(21)42-29(22)28)41-26-7-8-36-30-20(26)4-6-27(40)37-30/h1-3,5,7-8,13-14,22,28-29,35H,4,6,9-12,15-16H2,(H,36,37,40)/t22-,28-,29+/m0/s1. The van der Waals surface area contributed by atoms with Crippen molar-refractivity contribution in [3.05, 3.63) is 76.5 Å². The van der Waals surface area contributed by atoms with Gasteiger partial charge in [0.1, 0.15) is 29.2 Å². The summed E-state index contributed by atoms with van der Waals surface area (Å²) in [5.41, 5.74) is 1.27. The Morgan fingerprint density at radius 3 is 2.74 bits per heavy atom. The summed E-state index contributed by atoms with van der Waals surface area (Å²) in [5.74, 6) is 1.89. The van der Waals surface area contributed by atoms with Crippen molar-refractivity contribution in [2.45, 2.75) is 44.0 Å². The summed E-state index contributed by atoms with van der Waals surface area (Å²) in [6, 6.07) is 11.3. The second-order valence-corrected chi connectivity index (χ2v) is 11.3. The predicted molar refractivity (Wildman–Crippen MR) is 147 cm³/mol. The number of rotatable bonds is 7. The number of benzene rings is 2. The third-order valence-corrected chi connectivity index (χ3v) is 8.56. The minimum Gasteiger partial charge on any atom is -0.489 e. The second kappa shape index (κ2) is 10.4. The number of Topliss-reactive ketones (excluding diaryl/α,β-unsaturated/α-hetero) is 1. The Morgan fingerprint density at radius 1 is 1.10 bits per heavy atom. The molecule has 1 saturated carbocycles. The molecule has 218 valence electrons. The fraction of sp³-hybridized carbons (Fsp3) is 0.387. The molecule has 8 nitrogen and oxygen atoms in total. The summed E-state index contributed by atoms with van der Waals surface area (Å²) >= 11 is 0. The van der Waals surface area contributed by atoms with Gasteiger partial charge in [-0.1, -0.05) is 12.1 Å². The molecule has 1 saturated heterocycles. The zero-order valence-corrected chi connectivity index (χ0v) is 22.7. The summed E-state index contributed by atoms with van der Waals surface area (Å²) in [6.07, 6.45) is -2.16. The van der Waals surface area contributed by atoms with Gasteiger partial charge in [-0.05, 0) is 42.3 Å². The third-order valence-electron chi connectivity index (χ3n) is 8.56. The maximum atomic E-state index is 14.0. The molecule has 42 heavy (non-hydrogen) atoms. The number of ketones is 1. The average Bonchev–Trinajstić information content (AvgIpc) is 3.49. The number of amides is 1. The van der Waals surface area contributed by atoms with Crippen LogP contribution in [0.2, 0.25) is 0 Å². The molecule has 1 amide bonds. The minimum atomic E-state index is -4.55. The monoisotopic (exact) mass is 578 g/mol. The Labute approximate surface area is 240 Å². The third kappa shape index (κ3) is 5.11. The number of piperazine rings is 1. The summed E-state index contributed by atoms with van der Waals surface area (Å²) in [4.78, 5) is 31.1. The number of ether oxygens (including phenoxy) is 2. The van der Waals surface area contributed by atoms with E-state index in [1.807, 2.05) is 17.0 Å². The van der Waals surface area contributed by atoms with Crippen LogP contribution >= 0.6 is 0 Å². The van der Waals surface area contributed by atoms with E-state index < -0.39 is 11.7 Å². The molecule has 4 heterocycles. The van der Waals surface area contributed by atoms with E-state index in [4.69, 9.17) is 9.47 Å². The van der Waals surface area contributed by atoms with Gasteiger partial charge in [-0.15, -0.1) is 0 Å². The number of hydrogen-bond acceptors (Lipinski definition) is 7. The topological polar surface area (TPSA) is 92.8 Å². The number of alkyl halides is 3. The molecule has 0 radical (unpaired) electrons. The van der Waals surface area contributed by atoms with E-state index in [9.17, 15) is 22.8 Å². The number of anilines is 1. The lowest BCUT2D eigenvalue weighted by Gasteiger charge is -2.28. The zero-order valence-electron chi connectivity index (χ0n) is 22.7. The first-order valence-electron chi connectivity index (χ1n) is 14.2. The fourth-order valence-corrected chi connectivity index (χ4v) is 6.33. The molecular formula is C31H29F3N4O4. The minimum absolute atomic E-state index is 0.0211. The molecule has 11 heteroatoms. The van der Waals surface area contributed by atoms with Crippen LogP contribution in [0, 0.1) is 5.92 Å². The number of hydrogen-bond donors (Lipinski definition) is 2. The smallest absolute Gasteiger partial charge is 0.416 e. The number of carbonyl (C=O) groups is 2. The van der Waals surface area contributed by atoms with Gasteiger partial charge in [-0.25, -0.2) is 4.98 Å². The normalized spacial score (nSPS) is 22.8. The van der Waals surface area contributed by atoms with Crippen LogP contribution in [0.25, 0.3) is 0 Å². The highest BCUT2D eigenvalue weighted by molar-refractivity contribution is 5.97. The highest BCUT2D eigenvalue weighted by Gasteiger charge is 2.59. The molecule has 3 aliphatic heterocycles. The van der Waals surface area contributed by atoms with Crippen molar-refractivity contribution in [3.8, 4) is 17.2 Å². The Kier molecular flexibility index (Phi) is 6.66. The molecule has 3 aromatic rings. The quantitative estimate of drug-likeness (QED) is 0.384. The number of halogens is 3. The fourth-order valence-electron chi connectivity index (χ4n) is 6.33. The highest BCUT2D eigenvalue weighted by atomic mass is 19.4. The van der Waals surface area contributed by atoms with E-state index in [1.54, 1.807) is 18.3 Å². The molecule has 7 rings (SSSR count). The summed E-state index contributed by atoms with van der Waals surface area (Å²) in [7, 11) is 0. The number of nitrogens with zero attached hydrogens (tertiary/aromatic N) is 2. The van der Waals surface area contributed by atoms with Gasteiger partial charge in [0.15, 0.2) is 5.78 Å². The Balaban J connectivity index is 1.05. The van der Waals surface area contributed by atoms with Crippen LogP contribution in [0.15, 0.2) is 48.7 Å². The van der Waals surface area contributed by atoms with E-state index in [1.165, 1.54) is 12.1 Å². The number of pyridine rings is 1.